The van der Waals surface area contributed by atoms with E-state index in [0.29, 0.717) is 16.8 Å². The van der Waals surface area contributed by atoms with Gasteiger partial charge in [-0.15, -0.1) is 0 Å². The Morgan fingerprint density at radius 1 is 1.10 bits per heavy atom. The van der Waals surface area contributed by atoms with Crippen molar-refractivity contribution in [2.45, 2.75) is 18.8 Å². The van der Waals surface area contributed by atoms with E-state index in [1.165, 1.54) is 23.0 Å². The summed E-state index contributed by atoms with van der Waals surface area (Å²) in [5.74, 6) is -3.14. The van der Waals surface area contributed by atoms with E-state index in [9.17, 15) is 18.4 Å². The van der Waals surface area contributed by atoms with Crippen LogP contribution in [0.5, 0.6) is 0 Å². The van der Waals surface area contributed by atoms with E-state index >= 15 is 0 Å². The number of nitrogens with zero attached hydrogens (tertiary/aromatic N) is 3. The number of amides is 2. The molecule has 0 aliphatic carbocycles. The van der Waals surface area contributed by atoms with E-state index in [4.69, 9.17) is 0 Å². The van der Waals surface area contributed by atoms with Crippen LogP contribution in [0.3, 0.4) is 0 Å². The predicted molar refractivity (Wildman–Crippen MR) is 112 cm³/mol. The number of aromatic nitrogens is 2. The number of carbonyl (C=O) groups excluding carboxylic acids is 2. The van der Waals surface area contributed by atoms with Crippen LogP contribution in [0.1, 0.15) is 33.6 Å². The van der Waals surface area contributed by atoms with Crippen molar-refractivity contribution < 1.29 is 18.4 Å². The van der Waals surface area contributed by atoms with E-state index in [2.05, 4.69) is 9.71 Å². The van der Waals surface area contributed by atoms with Crippen molar-refractivity contribution >= 4 is 34.8 Å². The van der Waals surface area contributed by atoms with Crippen molar-refractivity contribution in [2.75, 3.05) is 19.3 Å². The lowest BCUT2D eigenvalue weighted by molar-refractivity contribution is -0.0494. The molecule has 3 heterocycles. The van der Waals surface area contributed by atoms with Crippen LogP contribution < -0.4 is 4.72 Å². The molecule has 1 aliphatic rings. The van der Waals surface area contributed by atoms with Crippen LogP contribution in [-0.2, 0) is 0 Å². The highest BCUT2D eigenvalue weighted by Gasteiger charge is 2.35. The van der Waals surface area contributed by atoms with Crippen LogP contribution in [0.15, 0.2) is 48.8 Å². The number of alkyl halides is 2. The minimum atomic E-state index is -2.69. The van der Waals surface area contributed by atoms with Gasteiger partial charge >= 0.3 is 0 Å². The number of piperidine rings is 1. The largest absolute Gasteiger partial charge is 0.338 e. The van der Waals surface area contributed by atoms with Crippen molar-refractivity contribution in [1.82, 2.24) is 19.2 Å². The average molecular weight is 430 g/mol. The summed E-state index contributed by atoms with van der Waals surface area (Å²) in [6.07, 6.45) is 4.48. The molecule has 0 saturated carbocycles. The van der Waals surface area contributed by atoms with Crippen molar-refractivity contribution in [3.63, 3.8) is 0 Å². The smallest absolute Gasteiger partial charge is 0.261 e. The molecule has 6 nitrogen and oxygen atoms in total. The second kappa shape index (κ2) is 8.06. The first-order valence-corrected chi connectivity index (χ1v) is 10.7. The maximum absolute atomic E-state index is 13.3. The number of nitrogens with one attached hydrogen (secondary N) is 1. The Bertz CT molecular complexity index is 1090. The Morgan fingerprint density at radius 2 is 1.80 bits per heavy atom. The summed E-state index contributed by atoms with van der Waals surface area (Å²) in [5.41, 5.74) is 2.43. The van der Waals surface area contributed by atoms with Gasteiger partial charge in [0.25, 0.3) is 17.7 Å². The molecule has 1 N–H and O–H groups in total. The Labute approximate surface area is 176 Å². The third kappa shape index (κ3) is 4.02. The van der Waals surface area contributed by atoms with Gasteiger partial charge in [0.1, 0.15) is 5.65 Å². The van der Waals surface area contributed by atoms with Crippen LogP contribution in [0, 0.1) is 0 Å². The fourth-order valence-corrected chi connectivity index (χ4v) is 3.80. The maximum Gasteiger partial charge on any atom is 0.261 e. The highest BCUT2D eigenvalue weighted by atomic mass is 32.2. The van der Waals surface area contributed by atoms with Gasteiger partial charge in [-0.1, -0.05) is 11.9 Å². The summed E-state index contributed by atoms with van der Waals surface area (Å²) in [6, 6.07) is 10.7. The Kier molecular flexibility index (Phi) is 5.46. The fraction of sp³-hybridized carbons (Fsp3) is 0.286. The summed E-state index contributed by atoms with van der Waals surface area (Å²) >= 11 is 1.24. The molecular formula is C21H20F2N4O2S. The van der Waals surface area contributed by atoms with Gasteiger partial charge in [-0.05, 0) is 36.4 Å². The minimum absolute atomic E-state index is 0.0430. The second-order valence-corrected chi connectivity index (χ2v) is 7.77. The molecule has 30 heavy (non-hydrogen) atoms. The molecule has 0 bridgehead atoms. The van der Waals surface area contributed by atoms with Gasteiger partial charge < -0.3 is 9.47 Å². The third-order valence-electron chi connectivity index (χ3n) is 5.16. The first-order chi connectivity index (χ1) is 14.4. The second-order valence-electron chi connectivity index (χ2n) is 7.15. The van der Waals surface area contributed by atoms with Gasteiger partial charge in [-0.25, -0.2) is 13.8 Å². The van der Waals surface area contributed by atoms with E-state index in [1.807, 2.05) is 29.0 Å². The number of pyridine rings is 1. The summed E-state index contributed by atoms with van der Waals surface area (Å²) in [5, 5.41) is 0.771. The average Bonchev–Trinajstić information content (AvgIpc) is 3.17. The normalized spacial score (nSPS) is 15.9. The van der Waals surface area contributed by atoms with Gasteiger partial charge in [-0.3, -0.25) is 14.3 Å². The summed E-state index contributed by atoms with van der Waals surface area (Å²) in [6.45, 7) is 0.0860. The number of fused-ring (bicyclic) bond motifs is 1. The van der Waals surface area contributed by atoms with Crippen molar-refractivity contribution in [3.8, 4) is 5.69 Å². The molecule has 3 aromatic rings. The predicted octanol–water partition coefficient (Wildman–Crippen LogP) is 3.90. The third-order valence-corrected chi connectivity index (χ3v) is 5.55. The number of halogens is 2. The summed E-state index contributed by atoms with van der Waals surface area (Å²) in [7, 11) is 0. The van der Waals surface area contributed by atoms with Crippen LogP contribution in [0.25, 0.3) is 16.7 Å². The molecule has 2 aromatic heterocycles. The van der Waals surface area contributed by atoms with Crippen LogP contribution in [0.2, 0.25) is 0 Å². The standard InChI is InChI=1S/C21H20F2N4O2S/c1-30-25-19(28)14-2-4-17(5-3-14)27-9-6-15-12-16(13-24-18(15)27)20(29)26-10-7-21(22,23)8-11-26/h2-6,9,12-13H,7-8,10-11H2,1H3,(H,25,28). The van der Waals surface area contributed by atoms with Crippen LogP contribution in [-0.4, -0.2) is 51.5 Å². The molecule has 1 saturated heterocycles. The van der Waals surface area contributed by atoms with E-state index < -0.39 is 5.92 Å². The lowest BCUT2D eigenvalue weighted by Crippen LogP contribution is -2.42. The molecule has 156 valence electrons. The van der Waals surface area contributed by atoms with Crippen molar-refractivity contribution in [1.29, 1.82) is 0 Å². The Balaban J connectivity index is 1.55. The quantitative estimate of drug-likeness (QED) is 0.638. The zero-order valence-electron chi connectivity index (χ0n) is 16.3. The molecule has 1 fully saturated rings. The van der Waals surface area contributed by atoms with E-state index in [-0.39, 0.29) is 37.7 Å². The Hall–Kier alpha value is -2.94. The number of carbonyl (C=O) groups is 2. The topological polar surface area (TPSA) is 67.2 Å². The van der Waals surface area contributed by atoms with Crippen molar-refractivity contribution in [2.24, 2.45) is 0 Å². The lowest BCUT2D eigenvalue weighted by atomic mass is 10.1. The van der Waals surface area contributed by atoms with E-state index in [1.54, 1.807) is 24.5 Å². The zero-order chi connectivity index (χ0) is 21.3. The number of likely N-dealkylation sites (tertiary alicyclic amines) is 1. The summed E-state index contributed by atoms with van der Waals surface area (Å²) in [4.78, 5) is 30.5. The Morgan fingerprint density at radius 3 is 2.47 bits per heavy atom. The fourth-order valence-electron chi connectivity index (χ4n) is 3.49. The van der Waals surface area contributed by atoms with E-state index in [0.717, 1.165) is 11.1 Å². The molecule has 0 unspecified atom stereocenters. The number of benzene rings is 1. The first kappa shape index (κ1) is 20.3. The first-order valence-electron chi connectivity index (χ1n) is 9.46. The lowest BCUT2D eigenvalue weighted by Gasteiger charge is -2.31. The molecule has 2 amide bonds. The van der Waals surface area contributed by atoms with Gasteiger partial charge in [0, 0.05) is 61.2 Å². The molecule has 0 spiro atoms. The molecule has 0 radical (unpaired) electrons. The molecule has 4 rings (SSSR count). The molecule has 9 heteroatoms. The number of hydrogen-bond donors (Lipinski definition) is 1. The van der Waals surface area contributed by atoms with Crippen LogP contribution in [0.4, 0.5) is 8.78 Å². The molecule has 1 aliphatic heterocycles. The SMILES string of the molecule is CSNC(=O)c1ccc(-n2ccc3cc(C(=O)N4CCC(F)(F)CC4)cnc32)cc1. The molecular weight excluding hydrogens is 410 g/mol. The number of hydrogen-bond acceptors (Lipinski definition) is 4. The van der Waals surface area contributed by atoms with Gasteiger partial charge in [-0.2, -0.15) is 0 Å². The molecule has 1 aromatic carbocycles. The van der Waals surface area contributed by atoms with Crippen LogP contribution >= 0.6 is 11.9 Å². The van der Waals surface area contributed by atoms with Gasteiger partial charge in [0.15, 0.2) is 0 Å². The monoisotopic (exact) mass is 430 g/mol. The highest BCUT2D eigenvalue weighted by molar-refractivity contribution is 7.97. The van der Waals surface area contributed by atoms with Gasteiger partial charge in [0.05, 0.1) is 5.56 Å². The highest BCUT2D eigenvalue weighted by Crippen LogP contribution is 2.29. The molecule has 0 atom stereocenters. The minimum Gasteiger partial charge on any atom is -0.338 e. The van der Waals surface area contributed by atoms with Gasteiger partial charge in [0.2, 0.25) is 0 Å². The summed E-state index contributed by atoms with van der Waals surface area (Å²) < 4.78 is 31.2. The number of rotatable bonds is 4. The zero-order valence-corrected chi connectivity index (χ0v) is 17.1. The maximum atomic E-state index is 13.3. The van der Waals surface area contributed by atoms with Crippen molar-refractivity contribution in [3.05, 3.63) is 59.9 Å².